The number of carbonyl (C=O) groups is 3. The van der Waals surface area contributed by atoms with E-state index in [2.05, 4.69) is 4.74 Å². The van der Waals surface area contributed by atoms with Crippen LogP contribution in [0.5, 0.6) is 0 Å². The number of hydrogen-bond donors (Lipinski definition) is 0. The number of sulfone groups is 1. The van der Waals surface area contributed by atoms with Gasteiger partial charge in [0.25, 0.3) is 0 Å². The van der Waals surface area contributed by atoms with Crippen molar-refractivity contribution in [2.75, 3.05) is 6.79 Å². The molecule has 9 heteroatoms. The molecule has 2 aliphatic heterocycles. The van der Waals surface area contributed by atoms with Crippen LogP contribution in [0.25, 0.3) is 0 Å². The van der Waals surface area contributed by atoms with Crippen molar-refractivity contribution in [3.8, 4) is 0 Å². The van der Waals surface area contributed by atoms with Crippen molar-refractivity contribution < 1.29 is 32.3 Å². The Bertz CT molecular complexity index is 595. The molecular formula is C12H17NO7S. The Labute approximate surface area is 122 Å². The standard InChI is InChI=1S/C12H17NO7S/c1-4-9(15)19-6-20-11(16)10-12(2,3)21(17,18)8-5-7(14)13(8)10/h8,10H,4-6H2,1-3H3/t8-,10+/m1/s1. The fourth-order valence-corrected chi connectivity index (χ4v) is 4.67. The number of ether oxygens (including phenoxy) is 2. The second kappa shape index (κ2) is 4.97. The third kappa shape index (κ3) is 2.19. The van der Waals surface area contributed by atoms with Crippen LogP contribution in [0, 0.1) is 0 Å². The lowest BCUT2D eigenvalue weighted by molar-refractivity contribution is -0.175. The Balaban J connectivity index is 2.13. The molecule has 0 aliphatic carbocycles. The zero-order valence-electron chi connectivity index (χ0n) is 12.0. The second-order valence-corrected chi connectivity index (χ2v) is 8.15. The lowest BCUT2D eigenvalue weighted by Crippen LogP contribution is -2.57. The number of hydrogen-bond acceptors (Lipinski definition) is 7. The number of β-lactam (4-membered cyclic amide) rings is 1. The highest BCUT2D eigenvalue weighted by Crippen LogP contribution is 2.45. The van der Waals surface area contributed by atoms with E-state index < -0.39 is 50.6 Å². The quantitative estimate of drug-likeness (QED) is 0.393. The van der Waals surface area contributed by atoms with Crippen molar-refractivity contribution in [1.82, 2.24) is 4.90 Å². The predicted octanol–water partition coefficient (Wildman–Crippen LogP) is -0.426. The molecule has 0 aromatic heterocycles. The fraction of sp³-hybridized carbons (Fsp3) is 0.750. The fourth-order valence-electron chi connectivity index (χ4n) is 2.54. The Hall–Kier alpha value is -1.64. The minimum Gasteiger partial charge on any atom is -0.428 e. The lowest BCUT2D eigenvalue weighted by atomic mass is 9.98. The van der Waals surface area contributed by atoms with Crippen LogP contribution < -0.4 is 0 Å². The van der Waals surface area contributed by atoms with Gasteiger partial charge in [0.05, 0.1) is 11.2 Å². The summed E-state index contributed by atoms with van der Waals surface area (Å²) in [4.78, 5) is 35.7. The number of nitrogens with zero attached hydrogens (tertiary/aromatic N) is 1. The minimum absolute atomic E-state index is 0.111. The van der Waals surface area contributed by atoms with E-state index >= 15 is 0 Å². The summed E-state index contributed by atoms with van der Waals surface area (Å²) in [6, 6.07) is -1.21. The first kappa shape index (κ1) is 15.7. The summed E-state index contributed by atoms with van der Waals surface area (Å²) < 4.78 is 32.5. The van der Waals surface area contributed by atoms with E-state index in [1.165, 1.54) is 13.8 Å². The second-order valence-electron chi connectivity index (χ2n) is 5.46. The molecule has 0 aromatic rings. The molecule has 2 fully saturated rings. The van der Waals surface area contributed by atoms with Crippen LogP contribution in [0.15, 0.2) is 0 Å². The molecule has 1 amide bonds. The van der Waals surface area contributed by atoms with E-state index in [4.69, 9.17) is 4.74 Å². The highest BCUT2D eigenvalue weighted by Gasteiger charge is 2.68. The minimum atomic E-state index is -3.64. The van der Waals surface area contributed by atoms with Crippen molar-refractivity contribution in [3.63, 3.8) is 0 Å². The van der Waals surface area contributed by atoms with Gasteiger partial charge in [-0.15, -0.1) is 0 Å². The molecule has 0 N–H and O–H groups in total. The number of fused-ring (bicyclic) bond motifs is 1. The third-order valence-electron chi connectivity index (χ3n) is 3.91. The van der Waals surface area contributed by atoms with Crippen LogP contribution in [-0.2, 0) is 33.7 Å². The maximum absolute atomic E-state index is 12.3. The van der Waals surface area contributed by atoms with E-state index in [0.29, 0.717) is 0 Å². The molecule has 8 nitrogen and oxygen atoms in total. The SMILES string of the molecule is CCC(=O)OCOC(=O)[C@@H]1N2C(=O)C[C@H]2S(=O)(=O)C1(C)C. The topological polar surface area (TPSA) is 107 Å². The average Bonchev–Trinajstić information content (AvgIpc) is 2.52. The largest absolute Gasteiger partial charge is 0.428 e. The van der Waals surface area contributed by atoms with Gasteiger partial charge in [0.1, 0.15) is 11.4 Å². The first-order valence-electron chi connectivity index (χ1n) is 6.51. The zero-order valence-corrected chi connectivity index (χ0v) is 12.8. The monoisotopic (exact) mass is 319 g/mol. The summed E-state index contributed by atoms with van der Waals surface area (Å²) >= 11 is 0. The van der Waals surface area contributed by atoms with E-state index in [9.17, 15) is 22.8 Å². The average molecular weight is 319 g/mol. The summed E-state index contributed by atoms with van der Waals surface area (Å²) in [5.41, 5.74) is 0. The van der Waals surface area contributed by atoms with Gasteiger partial charge < -0.3 is 14.4 Å². The molecule has 0 spiro atoms. The summed E-state index contributed by atoms with van der Waals surface area (Å²) in [7, 11) is -3.64. The van der Waals surface area contributed by atoms with Gasteiger partial charge >= 0.3 is 11.9 Å². The van der Waals surface area contributed by atoms with E-state index in [1.54, 1.807) is 6.92 Å². The molecule has 0 aromatic carbocycles. The molecule has 2 heterocycles. The third-order valence-corrected chi connectivity index (χ3v) is 6.71. The number of amides is 1. The highest BCUT2D eigenvalue weighted by molar-refractivity contribution is 7.93. The van der Waals surface area contributed by atoms with Crippen LogP contribution >= 0.6 is 0 Å². The van der Waals surface area contributed by atoms with Crippen LogP contribution in [0.4, 0.5) is 0 Å². The summed E-state index contributed by atoms with van der Waals surface area (Å²) in [5, 5.41) is -0.962. The Morgan fingerprint density at radius 1 is 1.33 bits per heavy atom. The zero-order chi connectivity index (χ0) is 16.0. The first-order chi connectivity index (χ1) is 9.64. The van der Waals surface area contributed by atoms with Crippen molar-refractivity contribution >= 4 is 27.7 Å². The molecule has 0 radical (unpaired) electrons. The van der Waals surface area contributed by atoms with E-state index in [-0.39, 0.29) is 12.8 Å². The molecule has 2 atom stereocenters. The lowest BCUT2D eigenvalue weighted by Gasteiger charge is -2.36. The molecule has 0 bridgehead atoms. The van der Waals surface area contributed by atoms with E-state index in [1.807, 2.05) is 0 Å². The van der Waals surface area contributed by atoms with Crippen LogP contribution in [-0.4, -0.2) is 54.1 Å². The maximum Gasteiger partial charge on any atom is 0.333 e. The first-order valence-corrected chi connectivity index (χ1v) is 8.06. The molecule has 2 aliphatic rings. The summed E-state index contributed by atoms with van der Waals surface area (Å²) in [6.45, 7) is 3.76. The van der Waals surface area contributed by atoms with Crippen LogP contribution in [0.2, 0.25) is 0 Å². The summed E-state index contributed by atoms with van der Waals surface area (Å²) in [5.74, 6) is -1.83. The van der Waals surface area contributed by atoms with Gasteiger partial charge in [-0.3, -0.25) is 9.59 Å². The van der Waals surface area contributed by atoms with E-state index in [0.717, 1.165) is 4.90 Å². The molecule has 0 unspecified atom stereocenters. The molecule has 2 saturated heterocycles. The Kier molecular flexibility index (Phi) is 3.73. The van der Waals surface area contributed by atoms with Crippen LogP contribution in [0.1, 0.15) is 33.6 Å². The van der Waals surface area contributed by atoms with Gasteiger partial charge in [0, 0.05) is 6.42 Å². The molecule has 2 rings (SSSR count). The predicted molar refractivity (Wildman–Crippen MR) is 69.4 cm³/mol. The molecule has 21 heavy (non-hydrogen) atoms. The molecular weight excluding hydrogens is 302 g/mol. The summed E-state index contributed by atoms with van der Waals surface area (Å²) in [6.07, 6.45) is 0.0217. The van der Waals surface area contributed by atoms with Crippen molar-refractivity contribution in [2.24, 2.45) is 0 Å². The number of rotatable bonds is 4. The van der Waals surface area contributed by atoms with Gasteiger partial charge in [-0.05, 0) is 13.8 Å². The van der Waals surface area contributed by atoms with Crippen molar-refractivity contribution in [3.05, 3.63) is 0 Å². The van der Waals surface area contributed by atoms with Gasteiger partial charge in [0.15, 0.2) is 9.84 Å². The van der Waals surface area contributed by atoms with Gasteiger partial charge in [-0.25, -0.2) is 13.2 Å². The van der Waals surface area contributed by atoms with Crippen molar-refractivity contribution in [2.45, 2.75) is 49.8 Å². The van der Waals surface area contributed by atoms with Gasteiger partial charge in [-0.1, -0.05) is 6.92 Å². The number of esters is 2. The Morgan fingerprint density at radius 2 is 1.95 bits per heavy atom. The van der Waals surface area contributed by atoms with Crippen LogP contribution in [0.3, 0.4) is 0 Å². The normalized spacial score (nSPS) is 28.5. The van der Waals surface area contributed by atoms with Gasteiger partial charge in [-0.2, -0.15) is 0 Å². The van der Waals surface area contributed by atoms with Crippen molar-refractivity contribution in [1.29, 1.82) is 0 Å². The Morgan fingerprint density at radius 3 is 2.48 bits per heavy atom. The molecule has 0 saturated carbocycles. The smallest absolute Gasteiger partial charge is 0.333 e. The highest BCUT2D eigenvalue weighted by atomic mass is 32.2. The van der Waals surface area contributed by atoms with Gasteiger partial charge in [0.2, 0.25) is 12.7 Å². The molecule has 118 valence electrons. The number of carbonyl (C=O) groups excluding carboxylic acids is 3. The maximum atomic E-state index is 12.3.